The van der Waals surface area contributed by atoms with E-state index in [0.29, 0.717) is 28.8 Å². The summed E-state index contributed by atoms with van der Waals surface area (Å²) in [6.07, 6.45) is 1.91. The lowest BCUT2D eigenvalue weighted by Gasteiger charge is -2.12. The van der Waals surface area contributed by atoms with Crippen molar-refractivity contribution in [1.82, 2.24) is 9.97 Å². The Bertz CT molecular complexity index is 921. The monoisotopic (exact) mass is 362 g/mol. The van der Waals surface area contributed by atoms with E-state index in [1.54, 1.807) is 0 Å². The van der Waals surface area contributed by atoms with Gasteiger partial charge in [0.2, 0.25) is 0 Å². The summed E-state index contributed by atoms with van der Waals surface area (Å²) in [5, 5.41) is 13.6. The van der Waals surface area contributed by atoms with Crippen molar-refractivity contribution < 1.29 is 4.74 Å². The van der Waals surface area contributed by atoms with E-state index in [-0.39, 0.29) is 0 Å². The molecule has 6 heteroatoms. The van der Waals surface area contributed by atoms with Gasteiger partial charge in [-0.25, -0.2) is 9.97 Å². The number of aromatic nitrogens is 2. The largest absolute Gasteiger partial charge is 0.494 e. The van der Waals surface area contributed by atoms with Crippen LogP contribution in [0.5, 0.6) is 5.75 Å². The maximum Gasteiger partial charge on any atom is 0.189 e. The van der Waals surface area contributed by atoms with Crippen molar-refractivity contribution in [2.24, 2.45) is 0 Å². The quantitative estimate of drug-likeness (QED) is 0.498. The fraction of sp³-hybridized carbons (Fsp3) is 0.150. The molecule has 0 aliphatic heterocycles. The summed E-state index contributed by atoms with van der Waals surface area (Å²) in [5.74, 6) is 1.30. The topological polar surface area (TPSA) is 70.8 Å². The number of rotatable bonds is 6. The summed E-state index contributed by atoms with van der Waals surface area (Å²) in [5.41, 5.74) is 2.76. The van der Waals surface area contributed by atoms with Gasteiger partial charge >= 0.3 is 0 Å². The van der Waals surface area contributed by atoms with Gasteiger partial charge in [-0.3, -0.25) is 0 Å². The second kappa shape index (κ2) is 8.37. The van der Waals surface area contributed by atoms with Crippen LogP contribution in [0.1, 0.15) is 12.5 Å². The Morgan fingerprint density at radius 1 is 1.08 bits per heavy atom. The summed E-state index contributed by atoms with van der Waals surface area (Å²) in [7, 11) is 0. The molecule has 1 N–H and O–H groups in total. The van der Waals surface area contributed by atoms with Crippen LogP contribution < -0.4 is 10.1 Å². The number of anilines is 2. The molecule has 0 radical (unpaired) electrons. The molecule has 1 heterocycles. The summed E-state index contributed by atoms with van der Waals surface area (Å²) in [4.78, 5) is 9.03. The van der Waals surface area contributed by atoms with Crippen LogP contribution in [0.4, 0.5) is 11.5 Å². The maximum atomic E-state index is 9.72. The van der Waals surface area contributed by atoms with Gasteiger partial charge in [-0.05, 0) is 37.4 Å². The van der Waals surface area contributed by atoms with Crippen molar-refractivity contribution >= 4 is 23.3 Å². The van der Waals surface area contributed by atoms with Gasteiger partial charge in [-0.1, -0.05) is 42.1 Å². The normalized spacial score (nSPS) is 10.2. The van der Waals surface area contributed by atoms with E-state index in [1.165, 1.54) is 11.8 Å². The first-order valence-electron chi connectivity index (χ1n) is 8.16. The van der Waals surface area contributed by atoms with Crippen LogP contribution in [0.25, 0.3) is 11.3 Å². The van der Waals surface area contributed by atoms with Crippen molar-refractivity contribution in [3.05, 3.63) is 60.2 Å². The molecule has 1 aromatic heterocycles. The SMILES string of the molecule is CCOc1ccc(Nc2nc(SC)nc(-c3ccccc3)c2C#N)cc1. The van der Waals surface area contributed by atoms with E-state index in [1.807, 2.05) is 67.8 Å². The van der Waals surface area contributed by atoms with Gasteiger partial charge in [0.25, 0.3) is 0 Å². The molecule has 0 saturated carbocycles. The van der Waals surface area contributed by atoms with Gasteiger partial charge in [0.05, 0.1) is 12.3 Å². The van der Waals surface area contributed by atoms with Gasteiger partial charge in [-0.15, -0.1) is 0 Å². The molecule has 0 fully saturated rings. The molecule has 0 saturated heterocycles. The molecule has 0 unspecified atom stereocenters. The molecule has 0 spiro atoms. The molecule has 3 rings (SSSR count). The maximum absolute atomic E-state index is 9.72. The van der Waals surface area contributed by atoms with Gasteiger partial charge < -0.3 is 10.1 Å². The van der Waals surface area contributed by atoms with Crippen LogP contribution >= 0.6 is 11.8 Å². The Morgan fingerprint density at radius 3 is 2.42 bits per heavy atom. The third-order valence-corrected chi connectivity index (χ3v) is 4.21. The fourth-order valence-corrected chi connectivity index (χ4v) is 2.84. The second-order valence-electron chi connectivity index (χ2n) is 5.34. The molecule has 130 valence electrons. The van der Waals surface area contributed by atoms with Gasteiger partial charge in [-0.2, -0.15) is 5.26 Å². The highest BCUT2D eigenvalue weighted by atomic mass is 32.2. The number of ether oxygens (including phenoxy) is 1. The van der Waals surface area contributed by atoms with E-state index in [4.69, 9.17) is 4.74 Å². The number of hydrogen-bond acceptors (Lipinski definition) is 6. The van der Waals surface area contributed by atoms with E-state index in [9.17, 15) is 5.26 Å². The average Bonchev–Trinajstić information content (AvgIpc) is 2.69. The minimum Gasteiger partial charge on any atom is -0.494 e. The van der Waals surface area contributed by atoms with E-state index < -0.39 is 0 Å². The zero-order valence-electron chi connectivity index (χ0n) is 14.6. The van der Waals surface area contributed by atoms with Crippen LogP contribution in [0.15, 0.2) is 59.8 Å². The van der Waals surface area contributed by atoms with Crippen LogP contribution in [0.3, 0.4) is 0 Å². The number of nitrogens with one attached hydrogen (secondary N) is 1. The first-order chi connectivity index (χ1) is 12.7. The summed E-state index contributed by atoms with van der Waals surface area (Å²) < 4.78 is 5.46. The Balaban J connectivity index is 2.02. The van der Waals surface area contributed by atoms with Crippen LogP contribution in [0.2, 0.25) is 0 Å². The number of thioether (sulfide) groups is 1. The lowest BCUT2D eigenvalue weighted by Crippen LogP contribution is -2.03. The van der Waals surface area contributed by atoms with Crippen LogP contribution in [-0.2, 0) is 0 Å². The highest BCUT2D eigenvalue weighted by Gasteiger charge is 2.16. The minimum absolute atomic E-state index is 0.419. The molecule has 0 atom stereocenters. The highest BCUT2D eigenvalue weighted by molar-refractivity contribution is 7.98. The minimum atomic E-state index is 0.419. The predicted molar refractivity (Wildman–Crippen MR) is 105 cm³/mol. The number of nitriles is 1. The van der Waals surface area contributed by atoms with Crippen LogP contribution in [-0.4, -0.2) is 22.8 Å². The van der Waals surface area contributed by atoms with Crippen LogP contribution in [0, 0.1) is 11.3 Å². The molecular weight excluding hydrogens is 344 g/mol. The molecule has 0 aliphatic rings. The van der Waals surface area contributed by atoms with Crippen molar-refractivity contribution in [3.8, 4) is 23.1 Å². The Morgan fingerprint density at radius 2 is 1.81 bits per heavy atom. The highest BCUT2D eigenvalue weighted by Crippen LogP contribution is 2.30. The first kappa shape index (κ1) is 17.8. The smallest absolute Gasteiger partial charge is 0.189 e. The molecule has 0 amide bonds. The van der Waals surface area contributed by atoms with Crippen molar-refractivity contribution in [3.63, 3.8) is 0 Å². The molecule has 5 nitrogen and oxygen atoms in total. The standard InChI is InChI=1S/C20H18N4OS/c1-3-25-16-11-9-15(10-12-16)22-19-17(13-21)18(23-20(24-19)26-2)14-7-5-4-6-8-14/h4-12H,3H2,1-2H3,(H,22,23,24). The van der Waals surface area contributed by atoms with E-state index in [0.717, 1.165) is 17.0 Å². The molecule has 26 heavy (non-hydrogen) atoms. The van der Waals surface area contributed by atoms with E-state index >= 15 is 0 Å². The molecule has 2 aromatic carbocycles. The lowest BCUT2D eigenvalue weighted by molar-refractivity contribution is 0.340. The average molecular weight is 362 g/mol. The predicted octanol–water partition coefficient (Wildman–Crippen LogP) is 4.88. The first-order valence-corrected chi connectivity index (χ1v) is 9.39. The molecular formula is C20H18N4OS. The Labute approximate surface area is 157 Å². The lowest BCUT2D eigenvalue weighted by atomic mass is 10.1. The van der Waals surface area contributed by atoms with Gasteiger partial charge in [0.15, 0.2) is 11.0 Å². The molecule has 0 bridgehead atoms. The Hall–Kier alpha value is -3.04. The zero-order valence-corrected chi connectivity index (χ0v) is 15.4. The van der Waals surface area contributed by atoms with Crippen molar-refractivity contribution in [2.45, 2.75) is 12.1 Å². The number of hydrogen-bond donors (Lipinski definition) is 1. The summed E-state index contributed by atoms with van der Waals surface area (Å²) >= 11 is 1.44. The third-order valence-electron chi connectivity index (χ3n) is 3.66. The number of nitrogens with zero attached hydrogens (tertiary/aromatic N) is 3. The molecule has 3 aromatic rings. The third kappa shape index (κ3) is 3.95. The summed E-state index contributed by atoms with van der Waals surface area (Å²) in [6, 6.07) is 19.5. The Kier molecular flexibility index (Phi) is 5.72. The van der Waals surface area contributed by atoms with Crippen molar-refractivity contribution in [1.29, 1.82) is 5.26 Å². The molecule has 0 aliphatic carbocycles. The zero-order chi connectivity index (χ0) is 18.4. The van der Waals surface area contributed by atoms with E-state index in [2.05, 4.69) is 21.4 Å². The van der Waals surface area contributed by atoms with Gasteiger partial charge in [0.1, 0.15) is 17.4 Å². The number of benzene rings is 2. The fourth-order valence-electron chi connectivity index (χ4n) is 2.47. The van der Waals surface area contributed by atoms with Gasteiger partial charge in [0, 0.05) is 11.3 Å². The second-order valence-corrected chi connectivity index (χ2v) is 6.12. The van der Waals surface area contributed by atoms with Crippen molar-refractivity contribution in [2.75, 3.05) is 18.2 Å². The summed E-state index contributed by atoms with van der Waals surface area (Å²) in [6.45, 7) is 2.57.